The van der Waals surface area contributed by atoms with Gasteiger partial charge in [-0.25, -0.2) is 0 Å². The van der Waals surface area contributed by atoms with Crippen LogP contribution < -0.4 is 9.64 Å². The number of benzene rings is 2. The van der Waals surface area contributed by atoms with Crippen molar-refractivity contribution in [2.24, 2.45) is 0 Å². The van der Waals surface area contributed by atoms with Gasteiger partial charge in [0.2, 0.25) is 0 Å². The number of amides is 1. The van der Waals surface area contributed by atoms with Gasteiger partial charge in [0.25, 0.3) is 5.91 Å². The number of nitrogens with zero attached hydrogens (tertiary/aromatic N) is 1. The fraction of sp³-hybridized carbons (Fsp3) is 0.158. The van der Waals surface area contributed by atoms with Crippen LogP contribution in [0.5, 0.6) is 5.75 Å². The highest BCUT2D eigenvalue weighted by Crippen LogP contribution is 2.43. The molecule has 0 radical (unpaired) electrons. The Kier molecular flexibility index (Phi) is 3.98. The second-order valence-electron chi connectivity index (χ2n) is 5.40. The number of methoxy groups -OCH3 is 1. The zero-order chi connectivity index (χ0) is 16.4. The van der Waals surface area contributed by atoms with Gasteiger partial charge >= 0.3 is 0 Å². The Bertz CT molecular complexity index is 763. The van der Waals surface area contributed by atoms with E-state index in [9.17, 15) is 9.59 Å². The molecule has 1 unspecified atom stereocenters. The van der Waals surface area contributed by atoms with E-state index in [1.165, 1.54) is 13.0 Å². The number of hydrogen-bond donors (Lipinski definition) is 0. The molecular weight excluding hydrogens is 290 g/mol. The van der Waals surface area contributed by atoms with Gasteiger partial charge in [-0.1, -0.05) is 30.3 Å². The zero-order valence-corrected chi connectivity index (χ0v) is 13.0. The SMILES string of the molecule is COc1ccc(N2C(=O)/C(=C/C(C)=O)C2c2ccccc2)cc1. The quantitative estimate of drug-likeness (QED) is 0.643. The molecule has 1 heterocycles. The van der Waals surface area contributed by atoms with Crippen molar-refractivity contribution in [1.29, 1.82) is 0 Å². The third-order valence-corrected chi connectivity index (χ3v) is 3.84. The smallest absolute Gasteiger partial charge is 0.257 e. The number of β-lactam (4-membered cyclic amide) rings is 1. The molecule has 4 nitrogen and oxygen atoms in total. The Labute approximate surface area is 135 Å². The summed E-state index contributed by atoms with van der Waals surface area (Å²) < 4.78 is 5.15. The first kappa shape index (κ1) is 15.0. The molecule has 0 aromatic heterocycles. The monoisotopic (exact) mass is 307 g/mol. The molecule has 1 amide bonds. The first-order valence-corrected chi connectivity index (χ1v) is 7.36. The largest absolute Gasteiger partial charge is 0.497 e. The molecule has 1 saturated heterocycles. The van der Waals surface area contributed by atoms with Gasteiger partial charge in [-0.3, -0.25) is 14.5 Å². The molecule has 23 heavy (non-hydrogen) atoms. The van der Waals surface area contributed by atoms with Crippen LogP contribution in [-0.2, 0) is 9.59 Å². The maximum atomic E-state index is 12.5. The number of carbonyl (C=O) groups excluding carboxylic acids is 2. The standard InChI is InChI=1S/C19H17NO3/c1-13(21)12-17-18(14-6-4-3-5-7-14)20(19(17)22)15-8-10-16(23-2)11-9-15/h3-12,18H,1-2H3/b17-12+. The fourth-order valence-electron chi connectivity index (χ4n) is 2.78. The average Bonchev–Trinajstić information content (AvgIpc) is 2.58. The highest BCUT2D eigenvalue weighted by atomic mass is 16.5. The first-order valence-electron chi connectivity index (χ1n) is 7.36. The lowest BCUT2D eigenvalue weighted by molar-refractivity contribution is -0.120. The normalized spacial score (nSPS) is 18.7. The van der Waals surface area contributed by atoms with Crippen molar-refractivity contribution in [3.05, 3.63) is 71.8 Å². The molecule has 0 spiro atoms. The molecule has 1 atom stereocenters. The fourth-order valence-corrected chi connectivity index (χ4v) is 2.78. The molecule has 2 aromatic carbocycles. The van der Waals surface area contributed by atoms with Crippen LogP contribution >= 0.6 is 0 Å². The van der Waals surface area contributed by atoms with E-state index in [0.29, 0.717) is 5.57 Å². The minimum atomic E-state index is -0.235. The third kappa shape index (κ3) is 2.75. The van der Waals surface area contributed by atoms with Crippen LogP contribution in [0.25, 0.3) is 0 Å². The van der Waals surface area contributed by atoms with E-state index in [4.69, 9.17) is 4.74 Å². The van der Waals surface area contributed by atoms with Crippen molar-refractivity contribution in [3.63, 3.8) is 0 Å². The van der Waals surface area contributed by atoms with Gasteiger partial charge in [-0.05, 0) is 42.8 Å². The van der Waals surface area contributed by atoms with Crippen molar-refractivity contribution >= 4 is 17.4 Å². The number of ether oxygens (including phenoxy) is 1. The molecule has 3 rings (SSSR count). The Hall–Kier alpha value is -2.88. The van der Waals surface area contributed by atoms with Gasteiger partial charge in [0, 0.05) is 11.3 Å². The lowest BCUT2D eigenvalue weighted by Gasteiger charge is -2.43. The lowest BCUT2D eigenvalue weighted by atomic mass is 9.86. The van der Waals surface area contributed by atoms with E-state index in [1.54, 1.807) is 12.0 Å². The minimum absolute atomic E-state index is 0.122. The Morgan fingerprint density at radius 2 is 1.74 bits per heavy atom. The molecule has 0 bridgehead atoms. The first-order chi connectivity index (χ1) is 11.1. The summed E-state index contributed by atoms with van der Waals surface area (Å²) in [7, 11) is 1.60. The van der Waals surface area contributed by atoms with Gasteiger partial charge in [0.05, 0.1) is 13.2 Å². The summed E-state index contributed by atoms with van der Waals surface area (Å²) in [5.74, 6) is 0.473. The Balaban J connectivity index is 2.01. The number of rotatable bonds is 4. The Morgan fingerprint density at radius 1 is 1.09 bits per heavy atom. The summed E-state index contributed by atoms with van der Waals surface area (Å²) in [4.78, 5) is 25.6. The second kappa shape index (κ2) is 6.08. The third-order valence-electron chi connectivity index (χ3n) is 3.84. The minimum Gasteiger partial charge on any atom is -0.497 e. The summed E-state index contributed by atoms with van der Waals surface area (Å²) in [6.07, 6.45) is 1.43. The predicted octanol–water partition coefficient (Wildman–Crippen LogP) is 3.30. The van der Waals surface area contributed by atoms with Crippen LogP contribution in [0.1, 0.15) is 18.5 Å². The van der Waals surface area contributed by atoms with Crippen molar-refractivity contribution in [2.75, 3.05) is 12.0 Å². The average molecular weight is 307 g/mol. The Morgan fingerprint density at radius 3 is 2.30 bits per heavy atom. The molecule has 0 aliphatic carbocycles. The van der Waals surface area contributed by atoms with Crippen LogP contribution in [-0.4, -0.2) is 18.8 Å². The summed E-state index contributed by atoms with van der Waals surface area (Å²) >= 11 is 0. The van der Waals surface area contributed by atoms with Crippen molar-refractivity contribution in [3.8, 4) is 5.75 Å². The molecule has 0 saturated carbocycles. The number of hydrogen-bond acceptors (Lipinski definition) is 3. The van der Waals surface area contributed by atoms with E-state index >= 15 is 0 Å². The predicted molar refractivity (Wildman–Crippen MR) is 88.4 cm³/mol. The van der Waals surface area contributed by atoms with E-state index in [1.807, 2.05) is 54.6 Å². The molecule has 116 valence electrons. The number of anilines is 1. The molecule has 2 aromatic rings. The summed E-state index contributed by atoms with van der Waals surface area (Å²) in [5, 5.41) is 0. The van der Waals surface area contributed by atoms with E-state index in [-0.39, 0.29) is 17.7 Å². The lowest BCUT2D eigenvalue weighted by Crippen LogP contribution is -2.49. The van der Waals surface area contributed by atoms with Crippen molar-refractivity contribution in [2.45, 2.75) is 13.0 Å². The van der Waals surface area contributed by atoms with Gasteiger partial charge in [-0.2, -0.15) is 0 Å². The molecule has 4 heteroatoms. The van der Waals surface area contributed by atoms with E-state index < -0.39 is 0 Å². The van der Waals surface area contributed by atoms with Crippen LogP contribution in [0, 0.1) is 0 Å². The maximum absolute atomic E-state index is 12.5. The molecule has 1 fully saturated rings. The number of carbonyl (C=O) groups is 2. The van der Waals surface area contributed by atoms with Crippen LogP contribution in [0.15, 0.2) is 66.2 Å². The van der Waals surface area contributed by atoms with Gasteiger partial charge in [0.15, 0.2) is 5.78 Å². The van der Waals surface area contributed by atoms with Gasteiger partial charge < -0.3 is 4.74 Å². The number of allylic oxidation sites excluding steroid dienone is 1. The van der Waals surface area contributed by atoms with Crippen molar-refractivity contribution < 1.29 is 14.3 Å². The highest BCUT2D eigenvalue weighted by Gasteiger charge is 2.43. The molecule has 1 aliphatic heterocycles. The van der Waals surface area contributed by atoms with Crippen LogP contribution in [0.4, 0.5) is 5.69 Å². The topological polar surface area (TPSA) is 46.6 Å². The second-order valence-corrected chi connectivity index (χ2v) is 5.40. The van der Waals surface area contributed by atoms with Crippen molar-refractivity contribution in [1.82, 2.24) is 0 Å². The van der Waals surface area contributed by atoms with Crippen LogP contribution in [0.2, 0.25) is 0 Å². The highest BCUT2D eigenvalue weighted by molar-refractivity contribution is 6.17. The summed E-state index contributed by atoms with van der Waals surface area (Å²) in [6.45, 7) is 1.46. The summed E-state index contributed by atoms with van der Waals surface area (Å²) in [6, 6.07) is 16.8. The number of ketones is 1. The molecule has 1 aliphatic rings. The maximum Gasteiger partial charge on any atom is 0.257 e. The molecular formula is C19H17NO3. The van der Waals surface area contributed by atoms with Gasteiger partial charge in [-0.15, -0.1) is 0 Å². The molecule has 0 N–H and O–H groups in total. The van der Waals surface area contributed by atoms with E-state index in [0.717, 1.165) is 17.0 Å². The zero-order valence-electron chi connectivity index (χ0n) is 13.0. The summed E-state index contributed by atoms with van der Waals surface area (Å²) in [5.41, 5.74) is 2.29. The van der Waals surface area contributed by atoms with Crippen LogP contribution in [0.3, 0.4) is 0 Å². The van der Waals surface area contributed by atoms with Gasteiger partial charge in [0.1, 0.15) is 5.75 Å². The van der Waals surface area contributed by atoms with E-state index in [2.05, 4.69) is 0 Å².